The standard InChI is InChI=1S/C20H22N6O3/c1-26-8-3-2-7-21-18-17-15(20(28)25-19(17)24-12-23-18)10-22-13-5-4-6-14(9-13)29-11-16(26)27/h4-6,9-10,12,15H,2-3,7-8,11H2,1H3,(H2,21,23,24,25,28). The van der Waals surface area contributed by atoms with Crippen LogP contribution in [0.2, 0.25) is 0 Å². The molecule has 0 fully saturated rings. The number of aromatic nitrogens is 2. The van der Waals surface area contributed by atoms with Crippen molar-refractivity contribution in [3.63, 3.8) is 0 Å². The van der Waals surface area contributed by atoms with Crippen LogP contribution in [0, 0.1) is 0 Å². The number of ether oxygens (including phenoxy) is 1. The molecule has 2 aliphatic rings. The van der Waals surface area contributed by atoms with Crippen molar-refractivity contribution in [3.8, 4) is 5.75 Å². The first-order valence-electron chi connectivity index (χ1n) is 9.52. The molecule has 4 rings (SSSR count). The zero-order chi connectivity index (χ0) is 20.2. The van der Waals surface area contributed by atoms with E-state index >= 15 is 0 Å². The van der Waals surface area contributed by atoms with Crippen molar-refractivity contribution in [2.24, 2.45) is 4.99 Å². The quantitative estimate of drug-likeness (QED) is 0.707. The van der Waals surface area contributed by atoms with Crippen LogP contribution < -0.4 is 15.4 Å². The number of hydrogen-bond donors (Lipinski definition) is 2. The minimum atomic E-state index is -0.582. The summed E-state index contributed by atoms with van der Waals surface area (Å²) in [6, 6.07) is 7.10. The van der Waals surface area contributed by atoms with E-state index in [4.69, 9.17) is 4.74 Å². The number of carbonyl (C=O) groups is 2. The maximum absolute atomic E-state index is 12.5. The normalized spacial score (nSPS) is 19.6. The largest absolute Gasteiger partial charge is 0.484 e. The zero-order valence-corrected chi connectivity index (χ0v) is 16.1. The summed E-state index contributed by atoms with van der Waals surface area (Å²) in [4.78, 5) is 39.3. The van der Waals surface area contributed by atoms with E-state index in [2.05, 4.69) is 25.6 Å². The van der Waals surface area contributed by atoms with Gasteiger partial charge in [-0.1, -0.05) is 6.07 Å². The highest BCUT2D eigenvalue weighted by Crippen LogP contribution is 2.34. The summed E-state index contributed by atoms with van der Waals surface area (Å²) in [6.07, 6.45) is 4.70. The molecule has 2 bridgehead atoms. The number of fused-ring (bicyclic) bond motifs is 2. The lowest BCUT2D eigenvalue weighted by Crippen LogP contribution is -2.32. The predicted molar refractivity (Wildman–Crippen MR) is 109 cm³/mol. The Morgan fingerprint density at radius 2 is 2.03 bits per heavy atom. The van der Waals surface area contributed by atoms with Gasteiger partial charge < -0.3 is 20.3 Å². The minimum absolute atomic E-state index is 0.0304. The molecule has 0 saturated heterocycles. The molecule has 2 aromatic rings. The van der Waals surface area contributed by atoms with Gasteiger partial charge in [-0.25, -0.2) is 9.97 Å². The highest BCUT2D eigenvalue weighted by Gasteiger charge is 2.33. The number of likely N-dealkylation sites (N-methyl/N-ethyl adjacent to an activating group) is 1. The maximum Gasteiger partial charge on any atom is 0.260 e. The Bertz CT molecular complexity index is 961. The van der Waals surface area contributed by atoms with Gasteiger partial charge in [-0.2, -0.15) is 0 Å². The van der Waals surface area contributed by atoms with E-state index in [0.717, 1.165) is 12.8 Å². The lowest BCUT2D eigenvalue weighted by atomic mass is 10.0. The molecule has 0 radical (unpaired) electrons. The van der Waals surface area contributed by atoms with E-state index in [9.17, 15) is 9.59 Å². The van der Waals surface area contributed by atoms with Crippen LogP contribution in [0.5, 0.6) is 5.75 Å². The van der Waals surface area contributed by atoms with Crippen LogP contribution in [0.4, 0.5) is 17.3 Å². The first-order chi connectivity index (χ1) is 14.1. The van der Waals surface area contributed by atoms with E-state index in [1.54, 1.807) is 42.4 Å². The number of aliphatic imine (C=N–C) groups is 1. The minimum Gasteiger partial charge on any atom is -0.484 e. The monoisotopic (exact) mass is 394 g/mol. The topological polar surface area (TPSA) is 109 Å². The molecular weight excluding hydrogens is 372 g/mol. The van der Waals surface area contributed by atoms with Gasteiger partial charge in [0.1, 0.15) is 29.6 Å². The molecule has 9 nitrogen and oxygen atoms in total. The van der Waals surface area contributed by atoms with Crippen molar-refractivity contribution in [1.29, 1.82) is 0 Å². The van der Waals surface area contributed by atoms with E-state index in [1.165, 1.54) is 6.33 Å². The van der Waals surface area contributed by atoms with Gasteiger partial charge in [0.15, 0.2) is 6.61 Å². The van der Waals surface area contributed by atoms with E-state index in [-0.39, 0.29) is 18.4 Å². The number of carbonyl (C=O) groups excluding carboxylic acids is 2. The second-order valence-electron chi connectivity index (χ2n) is 6.96. The smallest absolute Gasteiger partial charge is 0.260 e. The fourth-order valence-corrected chi connectivity index (χ4v) is 3.27. The number of benzene rings is 1. The van der Waals surface area contributed by atoms with Gasteiger partial charge in [0, 0.05) is 32.4 Å². The van der Waals surface area contributed by atoms with Crippen LogP contribution >= 0.6 is 0 Å². The fourth-order valence-electron chi connectivity index (χ4n) is 3.27. The van der Waals surface area contributed by atoms with Crippen molar-refractivity contribution in [2.75, 3.05) is 37.4 Å². The number of anilines is 2. The molecule has 2 aliphatic heterocycles. The summed E-state index contributed by atoms with van der Waals surface area (Å²) in [5.74, 6) is 0.823. The molecular formula is C20H22N6O3. The summed E-state index contributed by atoms with van der Waals surface area (Å²) in [5.41, 5.74) is 1.32. The Balaban J connectivity index is 1.66. The fraction of sp³-hybridized carbons (Fsp3) is 0.350. The summed E-state index contributed by atoms with van der Waals surface area (Å²) in [7, 11) is 1.77. The van der Waals surface area contributed by atoms with Crippen molar-refractivity contribution in [2.45, 2.75) is 18.8 Å². The van der Waals surface area contributed by atoms with Gasteiger partial charge >= 0.3 is 0 Å². The third kappa shape index (κ3) is 4.18. The molecule has 29 heavy (non-hydrogen) atoms. The van der Waals surface area contributed by atoms with E-state index in [0.29, 0.717) is 41.7 Å². The Kier molecular flexibility index (Phi) is 5.37. The molecule has 150 valence electrons. The van der Waals surface area contributed by atoms with Crippen LogP contribution in [0.25, 0.3) is 0 Å². The molecule has 0 spiro atoms. The van der Waals surface area contributed by atoms with E-state index in [1.807, 2.05) is 0 Å². The van der Waals surface area contributed by atoms with Crippen LogP contribution in [-0.4, -0.2) is 59.6 Å². The Labute approximate surface area is 168 Å². The molecule has 2 amide bonds. The average molecular weight is 394 g/mol. The molecule has 1 atom stereocenters. The van der Waals surface area contributed by atoms with Gasteiger partial charge in [-0.05, 0) is 25.0 Å². The van der Waals surface area contributed by atoms with Crippen LogP contribution in [0.3, 0.4) is 0 Å². The van der Waals surface area contributed by atoms with E-state index < -0.39 is 5.92 Å². The van der Waals surface area contributed by atoms with Gasteiger partial charge in [0.05, 0.1) is 11.3 Å². The van der Waals surface area contributed by atoms with Gasteiger partial charge in [-0.3, -0.25) is 14.6 Å². The number of amides is 2. The van der Waals surface area contributed by atoms with Crippen LogP contribution in [0.15, 0.2) is 35.6 Å². The summed E-state index contributed by atoms with van der Waals surface area (Å²) in [6.45, 7) is 1.27. The first kappa shape index (κ1) is 18.9. The first-order valence-corrected chi connectivity index (χ1v) is 9.52. The molecule has 9 heteroatoms. The number of hydrogen-bond acceptors (Lipinski definition) is 7. The highest BCUT2D eigenvalue weighted by atomic mass is 16.5. The highest BCUT2D eigenvalue weighted by molar-refractivity contribution is 6.13. The third-order valence-corrected chi connectivity index (χ3v) is 4.91. The Hall–Kier alpha value is -3.49. The molecule has 1 aromatic heterocycles. The van der Waals surface area contributed by atoms with Crippen molar-refractivity contribution in [3.05, 3.63) is 36.2 Å². The maximum atomic E-state index is 12.5. The average Bonchev–Trinajstić information content (AvgIpc) is 3.05. The molecule has 3 heterocycles. The lowest BCUT2D eigenvalue weighted by Gasteiger charge is -2.17. The van der Waals surface area contributed by atoms with Gasteiger partial charge in [-0.15, -0.1) is 0 Å². The Morgan fingerprint density at radius 1 is 1.17 bits per heavy atom. The second kappa shape index (κ2) is 8.26. The van der Waals surface area contributed by atoms with Crippen molar-refractivity contribution in [1.82, 2.24) is 14.9 Å². The van der Waals surface area contributed by atoms with Gasteiger partial charge in [0.2, 0.25) is 5.91 Å². The van der Waals surface area contributed by atoms with Crippen LogP contribution in [0.1, 0.15) is 24.3 Å². The SMILES string of the molecule is CN1CCCCNc2ncnc3c2C(C=Nc2cccc(c2)OCC1=O)C(=O)N3. The van der Waals surface area contributed by atoms with Gasteiger partial charge in [0.25, 0.3) is 5.91 Å². The van der Waals surface area contributed by atoms with Crippen LogP contribution in [-0.2, 0) is 9.59 Å². The molecule has 1 aromatic carbocycles. The number of rotatable bonds is 0. The second-order valence-corrected chi connectivity index (χ2v) is 6.96. The van der Waals surface area contributed by atoms with Crippen molar-refractivity contribution >= 4 is 35.4 Å². The Morgan fingerprint density at radius 3 is 2.93 bits per heavy atom. The third-order valence-electron chi connectivity index (χ3n) is 4.91. The molecule has 0 saturated carbocycles. The molecule has 0 aliphatic carbocycles. The molecule has 1 unspecified atom stereocenters. The predicted octanol–water partition coefficient (Wildman–Crippen LogP) is 1.96. The number of nitrogens with one attached hydrogen (secondary N) is 2. The van der Waals surface area contributed by atoms with Crippen molar-refractivity contribution < 1.29 is 14.3 Å². The molecule has 2 N–H and O–H groups in total. The summed E-state index contributed by atoms with van der Waals surface area (Å²) < 4.78 is 5.62. The summed E-state index contributed by atoms with van der Waals surface area (Å²) >= 11 is 0. The zero-order valence-electron chi connectivity index (χ0n) is 16.1. The summed E-state index contributed by atoms with van der Waals surface area (Å²) in [5, 5.41) is 6.07. The number of nitrogens with zero attached hydrogens (tertiary/aromatic N) is 4. The lowest BCUT2D eigenvalue weighted by molar-refractivity contribution is -0.132.